The molecule has 19 heavy (non-hydrogen) atoms. The summed E-state index contributed by atoms with van der Waals surface area (Å²) in [5, 5.41) is 0. The normalized spacial score (nSPS) is 15.6. The van der Waals surface area contributed by atoms with E-state index in [1.54, 1.807) is 5.56 Å². The van der Waals surface area contributed by atoms with E-state index in [2.05, 4.69) is 49.8 Å². The first-order chi connectivity index (χ1) is 8.99. The zero-order chi connectivity index (χ0) is 14.3. The van der Waals surface area contributed by atoms with Crippen LogP contribution in [-0.2, 0) is 14.9 Å². The van der Waals surface area contributed by atoms with Crippen LogP contribution in [0.3, 0.4) is 0 Å². The summed E-state index contributed by atoms with van der Waals surface area (Å²) in [5.74, 6) is 0.846. The van der Waals surface area contributed by atoms with E-state index < -0.39 is 0 Å². The molecule has 0 atom stereocenters. The molecule has 1 aromatic rings. The van der Waals surface area contributed by atoms with Crippen LogP contribution in [0.25, 0.3) is 0 Å². The number of methoxy groups -OCH3 is 1. The van der Waals surface area contributed by atoms with E-state index in [1.165, 1.54) is 38.4 Å². The van der Waals surface area contributed by atoms with Crippen molar-refractivity contribution in [2.75, 3.05) is 7.11 Å². The minimum absolute atomic E-state index is 0.286. The molecule has 0 aromatic heterocycles. The average molecular weight is 262 g/mol. The maximum Gasteiger partial charge on any atom is 0.292 e. The summed E-state index contributed by atoms with van der Waals surface area (Å²) >= 11 is 0. The van der Waals surface area contributed by atoms with Crippen molar-refractivity contribution < 1.29 is 9.53 Å². The minimum atomic E-state index is 0.286. The first-order valence-corrected chi connectivity index (χ1v) is 7.06. The van der Waals surface area contributed by atoms with Gasteiger partial charge >= 0.3 is 0 Å². The molecule has 1 saturated carbocycles. The maximum atomic E-state index is 8.95. The van der Waals surface area contributed by atoms with Crippen molar-refractivity contribution in [2.45, 2.75) is 57.8 Å². The monoisotopic (exact) mass is 262 g/mol. The molecule has 2 rings (SSSR count). The number of hydrogen-bond acceptors (Lipinski definition) is 2. The van der Waals surface area contributed by atoms with Gasteiger partial charge < -0.3 is 4.74 Å². The van der Waals surface area contributed by atoms with E-state index in [9.17, 15) is 0 Å². The molecule has 0 amide bonds. The van der Waals surface area contributed by atoms with Crippen LogP contribution in [0, 0.1) is 0 Å². The molecule has 2 nitrogen and oxygen atoms in total. The van der Waals surface area contributed by atoms with Crippen molar-refractivity contribution in [1.82, 2.24) is 0 Å². The largest absolute Gasteiger partial charge is 0.471 e. The van der Waals surface area contributed by atoms with E-state index in [0.717, 1.165) is 5.92 Å². The van der Waals surface area contributed by atoms with Gasteiger partial charge in [-0.25, -0.2) is 0 Å². The summed E-state index contributed by atoms with van der Waals surface area (Å²) in [7, 11) is 1.31. The molecule has 0 aliphatic heterocycles. The lowest BCUT2D eigenvalue weighted by molar-refractivity contribution is -0.126. The molecule has 0 radical (unpaired) electrons. The highest BCUT2D eigenvalue weighted by molar-refractivity contribution is 5.36. The molecule has 0 spiro atoms. The molecule has 1 aromatic carbocycles. The van der Waals surface area contributed by atoms with Gasteiger partial charge in [0.05, 0.1) is 7.11 Å². The third kappa shape index (κ3) is 5.06. The van der Waals surface area contributed by atoms with Crippen molar-refractivity contribution >= 4 is 6.47 Å². The zero-order valence-electron chi connectivity index (χ0n) is 12.6. The number of hydrogen-bond donors (Lipinski definition) is 0. The highest BCUT2D eigenvalue weighted by Gasteiger charge is 2.18. The second-order valence-electron chi connectivity index (χ2n) is 6.19. The third-order valence-electron chi connectivity index (χ3n) is 3.70. The first-order valence-electron chi connectivity index (χ1n) is 7.06. The van der Waals surface area contributed by atoms with Gasteiger partial charge in [-0.3, -0.25) is 4.79 Å². The van der Waals surface area contributed by atoms with E-state index in [0.29, 0.717) is 6.47 Å². The molecule has 2 heteroatoms. The van der Waals surface area contributed by atoms with Crippen molar-refractivity contribution in [3.05, 3.63) is 35.4 Å². The average Bonchev–Trinajstić information content (AvgIpc) is 2.92. The molecule has 0 saturated heterocycles. The number of ether oxygens (including phenoxy) is 1. The fourth-order valence-corrected chi connectivity index (χ4v) is 2.51. The first kappa shape index (κ1) is 15.7. The van der Waals surface area contributed by atoms with Crippen molar-refractivity contribution in [2.24, 2.45) is 0 Å². The van der Waals surface area contributed by atoms with Crippen LogP contribution in [0.15, 0.2) is 24.3 Å². The Kier molecular flexibility index (Phi) is 6.07. The summed E-state index contributed by atoms with van der Waals surface area (Å²) in [6.45, 7) is 7.20. The summed E-state index contributed by atoms with van der Waals surface area (Å²) < 4.78 is 3.86. The zero-order valence-corrected chi connectivity index (χ0v) is 12.6. The second-order valence-corrected chi connectivity index (χ2v) is 6.19. The molecular formula is C17H26O2. The maximum absolute atomic E-state index is 8.95. The number of benzene rings is 1. The Bertz CT molecular complexity index is 367. The quantitative estimate of drug-likeness (QED) is 0.737. The highest BCUT2D eigenvalue weighted by atomic mass is 16.5. The van der Waals surface area contributed by atoms with Crippen LogP contribution in [0.2, 0.25) is 0 Å². The van der Waals surface area contributed by atoms with Gasteiger partial charge in [-0.15, -0.1) is 0 Å². The molecule has 0 unspecified atom stereocenters. The lowest BCUT2D eigenvalue weighted by Gasteiger charge is -2.20. The Morgan fingerprint density at radius 2 is 1.58 bits per heavy atom. The minimum Gasteiger partial charge on any atom is -0.471 e. The van der Waals surface area contributed by atoms with Crippen LogP contribution < -0.4 is 0 Å². The van der Waals surface area contributed by atoms with Crippen LogP contribution in [0.4, 0.5) is 0 Å². The van der Waals surface area contributed by atoms with Gasteiger partial charge in [0.2, 0.25) is 0 Å². The predicted molar refractivity (Wildman–Crippen MR) is 79.4 cm³/mol. The van der Waals surface area contributed by atoms with Gasteiger partial charge in [0, 0.05) is 0 Å². The van der Waals surface area contributed by atoms with Crippen LogP contribution in [0.1, 0.15) is 63.5 Å². The topological polar surface area (TPSA) is 26.3 Å². The van der Waals surface area contributed by atoms with Gasteiger partial charge in [-0.1, -0.05) is 57.9 Å². The van der Waals surface area contributed by atoms with Crippen LogP contribution in [-0.4, -0.2) is 13.6 Å². The van der Waals surface area contributed by atoms with Gasteiger partial charge in [-0.2, -0.15) is 0 Å². The molecular weight excluding hydrogens is 236 g/mol. The molecule has 1 fully saturated rings. The Morgan fingerprint density at radius 3 is 1.95 bits per heavy atom. The Morgan fingerprint density at radius 1 is 1.11 bits per heavy atom. The third-order valence-corrected chi connectivity index (χ3v) is 3.70. The van der Waals surface area contributed by atoms with E-state index in [-0.39, 0.29) is 5.41 Å². The number of carbonyl (C=O) groups excluding carboxylic acids is 1. The smallest absolute Gasteiger partial charge is 0.292 e. The fraction of sp³-hybridized carbons (Fsp3) is 0.588. The van der Waals surface area contributed by atoms with Crippen LogP contribution in [0.5, 0.6) is 0 Å². The SMILES string of the molecule is CC(C)(C)c1ccc(C2CCCC2)cc1.COC=O. The summed E-state index contributed by atoms with van der Waals surface area (Å²) in [6, 6.07) is 9.31. The van der Waals surface area contributed by atoms with Crippen LogP contribution >= 0.6 is 0 Å². The summed E-state index contributed by atoms with van der Waals surface area (Å²) in [6.07, 6.45) is 5.64. The van der Waals surface area contributed by atoms with Crippen molar-refractivity contribution in [3.8, 4) is 0 Å². The number of rotatable bonds is 2. The van der Waals surface area contributed by atoms with Crippen molar-refractivity contribution in [1.29, 1.82) is 0 Å². The van der Waals surface area contributed by atoms with E-state index >= 15 is 0 Å². The van der Waals surface area contributed by atoms with Gasteiger partial charge in [0.1, 0.15) is 0 Å². The van der Waals surface area contributed by atoms with Gasteiger partial charge in [0.25, 0.3) is 6.47 Å². The summed E-state index contributed by atoms with van der Waals surface area (Å²) in [4.78, 5) is 8.95. The second kappa shape index (κ2) is 7.32. The molecule has 106 valence electrons. The molecule has 0 N–H and O–H groups in total. The summed E-state index contributed by atoms with van der Waals surface area (Å²) in [5.41, 5.74) is 3.29. The molecule has 0 heterocycles. The molecule has 1 aliphatic rings. The Hall–Kier alpha value is -1.31. The highest BCUT2D eigenvalue weighted by Crippen LogP contribution is 2.34. The van der Waals surface area contributed by atoms with E-state index in [4.69, 9.17) is 4.79 Å². The van der Waals surface area contributed by atoms with E-state index in [1.807, 2.05) is 0 Å². The lowest BCUT2D eigenvalue weighted by Crippen LogP contribution is -2.10. The lowest BCUT2D eigenvalue weighted by atomic mass is 9.85. The Labute approximate surface area is 117 Å². The van der Waals surface area contributed by atoms with Gasteiger partial charge in [0.15, 0.2) is 0 Å². The standard InChI is InChI=1S/C15H22.C2H4O2/c1-15(2,3)14-10-8-13(9-11-14)12-6-4-5-7-12;1-4-2-3/h8-12H,4-7H2,1-3H3;2H,1H3. The van der Waals surface area contributed by atoms with Crippen molar-refractivity contribution in [3.63, 3.8) is 0 Å². The molecule has 0 bridgehead atoms. The predicted octanol–water partition coefficient (Wildman–Crippen LogP) is 4.43. The fourth-order valence-electron chi connectivity index (χ4n) is 2.51. The van der Waals surface area contributed by atoms with Gasteiger partial charge in [-0.05, 0) is 35.3 Å². The number of carbonyl (C=O) groups is 1. The Balaban J connectivity index is 0.000000399. The molecule has 1 aliphatic carbocycles.